The number of carbonyl (C=O) groups excluding carboxylic acids is 2. The van der Waals surface area contributed by atoms with Gasteiger partial charge in [-0.3, -0.25) is 9.59 Å². The van der Waals surface area contributed by atoms with Crippen molar-refractivity contribution < 1.29 is 9.59 Å². The summed E-state index contributed by atoms with van der Waals surface area (Å²) < 4.78 is 0. The summed E-state index contributed by atoms with van der Waals surface area (Å²) >= 11 is 0. The molecule has 3 heterocycles. The third-order valence-electron chi connectivity index (χ3n) is 5.78. The zero-order valence-corrected chi connectivity index (χ0v) is 16.3. The van der Waals surface area contributed by atoms with Gasteiger partial charge in [0.05, 0.1) is 0 Å². The van der Waals surface area contributed by atoms with E-state index in [2.05, 4.69) is 18.8 Å². The maximum atomic E-state index is 12.9. The van der Waals surface area contributed by atoms with E-state index in [1.54, 1.807) is 6.07 Å². The molecule has 2 saturated heterocycles. The molecule has 3 rings (SSSR count). The predicted molar refractivity (Wildman–Crippen MR) is 102 cm³/mol. The van der Waals surface area contributed by atoms with Crippen LogP contribution in [-0.4, -0.2) is 52.8 Å². The Hall–Kier alpha value is -1.91. The van der Waals surface area contributed by atoms with Crippen molar-refractivity contribution in [1.82, 2.24) is 14.8 Å². The van der Waals surface area contributed by atoms with Gasteiger partial charge in [0, 0.05) is 43.7 Å². The first-order valence-electron chi connectivity index (χ1n) is 9.89. The molecule has 2 amide bonds. The van der Waals surface area contributed by atoms with E-state index in [1.807, 2.05) is 28.9 Å². The molecule has 0 aromatic carbocycles. The van der Waals surface area contributed by atoms with Crippen LogP contribution in [-0.2, 0) is 4.79 Å². The maximum Gasteiger partial charge on any atom is 0.272 e. The molecule has 0 saturated carbocycles. The molecule has 5 nitrogen and oxygen atoms in total. The molecule has 26 heavy (non-hydrogen) atoms. The van der Waals surface area contributed by atoms with Crippen LogP contribution in [0.25, 0.3) is 0 Å². The van der Waals surface area contributed by atoms with E-state index in [4.69, 9.17) is 0 Å². The first-order valence-corrected chi connectivity index (χ1v) is 9.89. The second-order valence-corrected chi connectivity index (χ2v) is 8.49. The topological polar surface area (TPSA) is 53.5 Å². The fourth-order valence-corrected chi connectivity index (χ4v) is 4.26. The van der Waals surface area contributed by atoms with Crippen LogP contribution in [0.3, 0.4) is 0 Å². The summed E-state index contributed by atoms with van der Waals surface area (Å²) in [5.41, 5.74) is 1.46. The Morgan fingerprint density at radius 3 is 2.81 bits per heavy atom. The Labute approximate surface area is 156 Å². The van der Waals surface area contributed by atoms with Gasteiger partial charge in [-0.2, -0.15) is 0 Å². The van der Waals surface area contributed by atoms with Crippen LogP contribution in [0.2, 0.25) is 0 Å². The molecular weight excluding hydrogens is 326 g/mol. The van der Waals surface area contributed by atoms with Crippen LogP contribution >= 0.6 is 0 Å². The Kier molecular flexibility index (Phi) is 5.64. The number of piperidine rings is 2. The van der Waals surface area contributed by atoms with Crippen LogP contribution in [0.15, 0.2) is 18.2 Å². The van der Waals surface area contributed by atoms with Gasteiger partial charge in [-0.1, -0.05) is 19.9 Å². The average Bonchev–Trinajstić information content (AvgIpc) is 2.62. The molecule has 0 radical (unpaired) electrons. The molecule has 0 unspecified atom stereocenters. The highest BCUT2D eigenvalue weighted by Gasteiger charge is 2.42. The number of rotatable bonds is 4. The van der Waals surface area contributed by atoms with E-state index < -0.39 is 0 Å². The minimum atomic E-state index is 0.0263. The average molecular weight is 357 g/mol. The second-order valence-electron chi connectivity index (χ2n) is 8.49. The molecule has 2 fully saturated rings. The van der Waals surface area contributed by atoms with E-state index in [-0.39, 0.29) is 17.2 Å². The first kappa shape index (κ1) is 18.9. The summed E-state index contributed by atoms with van der Waals surface area (Å²) in [6.07, 6.45) is 4.66. The third kappa shape index (κ3) is 4.25. The fourth-order valence-electron chi connectivity index (χ4n) is 4.26. The van der Waals surface area contributed by atoms with Gasteiger partial charge < -0.3 is 9.80 Å². The van der Waals surface area contributed by atoms with Crippen molar-refractivity contribution in [2.45, 2.75) is 52.9 Å². The van der Waals surface area contributed by atoms with Crippen LogP contribution in [0.5, 0.6) is 0 Å². The summed E-state index contributed by atoms with van der Waals surface area (Å²) in [6.45, 7) is 9.46. The molecule has 2 aliphatic rings. The van der Waals surface area contributed by atoms with Gasteiger partial charge in [-0.25, -0.2) is 4.98 Å². The number of carbonyl (C=O) groups is 2. The molecule has 1 aromatic rings. The van der Waals surface area contributed by atoms with Gasteiger partial charge in [-0.15, -0.1) is 0 Å². The minimum absolute atomic E-state index is 0.0263. The van der Waals surface area contributed by atoms with Crippen molar-refractivity contribution in [1.29, 1.82) is 0 Å². The van der Waals surface area contributed by atoms with Crippen molar-refractivity contribution in [3.63, 3.8) is 0 Å². The van der Waals surface area contributed by atoms with Gasteiger partial charge in [0.2, 0.25) is 5.91 Å². The lowest BCUT2D eigenvalue weighted by molar-refractivity contribution is -0.139. The molecule has 1 spiro atoms. The number of likely N-dealkylation sites (tertiary alicyclic amines) is 2. The number of hydrogen-bond acceptors (Lipinski definition) is 3. The van der Waals surface area contributed by atoms with Gasteiger partial charge in [0.1, 0.15) is 5.69 Å². The van der Waals surface area contributed by atoms with Gasteiger partial charge in [0.25, 0.3) is 5.91 Å². The second kappa shape index (κ2) is 7.77. The molecule has 0 aliphatic carbocycles. The number of aromatic nitrogens is 1. The summed E-state index contributed by atoms with van der Waals surface area (Å²) in [7, 11) is 0. The summed E-state index contributed by atoms with van der Waals surface area (Å²) in [5, 5.41) is 0. The van der Waals surface area contributed by atoms with E-state index in [0.717, 1.165) is 57.6 Å². The Bertz CT molecular complexity index is 673. The molecule has 2 aliphatic heterocycles. The van der Waals surface area contributed by atoms with E-state index >= 15 is 0 Å². The lowest BCUT2D eigenvalue weighted by atomic mass is 9.73. The number of amides is 2. The summed E-state index contributed by atoms with van der Waals surface area (Å²) in [6, 6.07) is 5.60. The number of hydrogen-bond donors (Lipinski definition) is 0. The fraction of sp³-hybridized carbons (Fsp3) is 0.667. The van der Waals surface area contributed by atoms with E-state index in [0.29, 0.717) is 18.0 Å². The van der Waals surface area contributed by atoms with Crippen molar-refractivity contribution >= 4 is 11.8 Å². The summed E-state index contributed by atoms with van der Waals surface area (Å²) in [5.74, 6) is 0.899. The van der Waals surface area contributed by atoms with Crippen molar-refractivity contribution in [2.75, 3.05) is 26.2 Å². The largest absolute Gasteiger partial charge is 0.342 e. The van der Waals surface area contributed by atoms with E-state index in [9.17, 15) is 9.59 Å². The number of nitrogens with zero attached hydrogens (tertiary/aromatic N) is 3. The molecule has 1 atom stereocenters. The van der Waals surface area contributed by atoms with Crippen LogP contribution in [0, 0.1) is 18.3 Å². The Balaban J connectivity index is 1.70. The van der Waals surface area contributed by atoms with E-state index in [1.165, 1.54) is 0 Å². The molecule has 0 N–H and O–H groups in total. The predicted octanol–water partition coefficient (Wildman–Crippen LogP) is 3.28. The highest BCUT2D eigenvalue weighted by Crippen LogP contribution is 2.39. The standard InChI is InChI=1S/C21H31N3O2/c1-16(2)9-13-23-14-21(11-8-19(23)25)10-5-12-24(15-21)20(26)18-7-4-6-17(3)22-18/h4,6-7,16H,5,8-15H2,1-3H3/t21-/m0/s1. The minimum Gasteiger partial charge on any atom is -0.342 e. The quantitative estimate of drug-likeness (QED) is 0.831. The lowest BCUT2D eigenvalue weighted by Crippen LogP contribution is -2.55. The highest BCUT2D eigenvalue weighted by molar-refractivity contribution is 5.92. The molecule has 5 heteroatoms. The molecule has 0 bridgehead atoms. The van der Waals surface area contributed by atoms with Gasteiger partial charge in [-0.05, 0) is 50.7 Å². The first-order chi connectivity index (χ1) is 12.4. The Morgan fingerprint density at radius 2 is 2.08 bits per heavy atom. The van der Waals surface area contributed by atoms with Crippen molar-refractivity contribution in [3.8, 4) is 0 Å². The molecular formula is C21H31N3O2. The smallest absolute Gasteiger partial charge is 0.272 e. The number of aryl methyl sites for hydroxylation is 1. The number of pyridine rings is 1. The van der Waals surface area contributed by atoms with Crippen LogP contribution < -0.4 is 0 Å². The molecule has 1 aromatic heterocycles. The van der Waals surface area contributed by atoms with Gasteiger partial charge >= 0.3 is 0 Å². The third-order valence-corrected chi connectivity index (χ3v) is 5.78. The molecule has 142 valence electrons. The van der Waals surface area contributed by atoms with Crippen LogP contribution in [0.4, 0.5) is 0 Å². The summed E-state index contributed by atoms with van der Waals surface area (Å²) in [4.78, 5) is 33.7. The van der Waals surface area contributed by atoms with Crippen LogP contribution in [0.1, 0.15) is 62.1 Å². The zero-order valence-electron chi connectivity index (χ0n) is 16.3. The maximum absolute atomic E-state index is 12.9. The van der Waals surface area contributed by atoms with Gasteiger partial charge in [0.15, 0.2) is 0 Å². The highest BCUT2D eigenvalue weighted by atomic mass is 16.2. The lowest BCUT2D eigenvalue weighted by Gasteiger charge is -2.48. The SMILES string of the molecule is Cc1cccc(C(=O)N2CCC[C@@]3(CCC(=O)N(CCC(C)C)C3)C2)n1. The van der Waals surface area contributed by atoms with Crippen molar-refractivity contribution in [3.05, 3.63) is 29.6 Å². The monoisotopic (exact) mass is 357 g/mol. The Morgan fingerprint density at radius 1 is 1.27 bits per heavy atom. The van der Waals surface area contributed by atoms with Crippen molar-refractivity contribution in [2.24, 2.45) is 11.3 Å². The zero-order chi connectivity index (χ0) is 18.7. The normalized spacial score (nSPS) is 23.8.